The summed E-state index contributed by atoms with van der Waals surface area (Å²) in [6, 6.07) is 14.8. The van der Waals surface area contributed by atoms with Gasteiger partial charge in [-0.15, -0.1) is 0 Å². The van der Waals surface area contributed by atoms with Crippen LogP contribution in [0.1, 0.15) is 47.6 Å². The largest absolute Gasteiger partial charge is 0.376 e. The molecule has 2 fully saturated rings. The Labute approximate surface area is 193 Å². The van der Waals surface area contributed by atoms with Crippen molar-refractivity contribution < 1.29 is 9.13 Å². The van der Waals surface area contributed by atoms with Gasteiger partial charge in [0.05, 0.1) is 23.9 Å². The van der Waals surface area contributed by atoms with Crippen molar-refractivity contribution in [3.05, 3.63) is 83.2 Å². The molecule has 0 aliphatic carbocycles. The first-order valence-corrected chi connectivity index (χ1v) is 11.5. The first-order chi connectivity index (χ1) is 15.5. The molecular formula is C25H27FN4OS. The zero-order valence-corrected chi connectivity index (χ0v) is 19.1. The van der Waals surface area contributed by atoms with Gasteiger partial charge in [0.15, 0.2) is 5.11 Å². The average molecular weight is 451 g/mol. The number of hydrogen-bond donors (Lipinski definition) is 1. The molecule has 0 amide bonds. The summed E-state index contributed by atoms with van der Waals surface area (Å²) in [5, 5.41) is 4.24. The van der Waals surface area contributed by atoms with Crippen LogP contribution in [0, 0.1) is 19.7 Å². The maximum Gasteiger partial charge on any atom is 0.170 e. The summed E-state index contributed by atoms with van der Waals surface area (Å²) in [5.41, 5.74) is 5.05. The standard InChI is InChI=1S/C25H27FN4OS/c1-16-13-21(17(2)30(16)19-8-5-7-18(26)14-19)24-23(22-10-3-4-11-27-22)28-25(32)29(24)15-20-9-6-12-31-20/h3-5,7-8,10-11,13-14,20,23-24H,6,9,12,15H2,1-2H3,(H,28,32)/t20-,23-,24+/m0/s1. The molecule has 1 aromatic carbocycles. The lowest BCUT2D eigenvalue weighted by Crippen LogP contribution is -2.36. The number of benzene rings is 1. The summed E-state index contributed by atoms with van der Waals surface area (Å²) in [7, 11) is 0. The second-order valence-corrected chi connectivity index (χ2v) is 8.94. The van der Waals surface area contributed by atoms with Crippen LogP contribution in [0.2, 0.25) is 0 Å². The summed E-state index contributed by atoms with van der Waals surface area (Å²) in [6.07, 6.45) is 4.12. The van der Waals surface area contributed by atoms with Gasteiger partial charge < -0.3 is 19.5 Å². The van der Waals surface area contributed by atoms with Crippen LogP contribution in [-0.2, 0) is 4.74 Å². The highest BCUT2D eigenvalue weighted by Crippen LogP contribution is 2.42. The van der Waals surface area contributed by atoms with Gasteiger partial charge in [0.1, 0.15) is 5.82 Å². The molecule has 3 atom stereocenters. The lowest BCUT2D eigenvalue weighted by Gasteiger charge is -2.30. The highest BCUT2D eigenvalue weighted by atomic mass is 32.1. The maximum absolute atomic E-state index is 14.0. The molecule has 5 rings (SSSR count). The van der Waals surface area contributed by atoms with Gasteiger partial charge in [-0.25, -0.2) is 4.39 Å². The lowest BCUT2D eigenvalue weighted by atomic mass is 9.96. The van der Waals surface area contributed by atoms with E-state index in [1.165, 1.54) is 6.07 Å². The number of rotatable bonds is 5. The van der Waals surface area contributed by atoms with Crippen molar-refractivity contribution in [2.45, 2.75) is 44.9 Å². The first-order valence-electron chi connectivity index (χ1n) is 11.1. The molecule has 2 aromatic heterocycles. The highest BCUT2D eigenvalue weighted by Gasteiger charge is 2.42. The summed E-state index contributed by atoms with van der Waals surface area (Å²) in [5.74, 6) is -0.244. The van der Waals surface area contributed by atoms with Crippen molar-refractivity contribution >= 4 is 17.3 Å². The fourth-order valence-corrected chi connectivity index (χ4v) is 5.36. The minimum absolute atomic E-state index is 0.0323. The van der Waals surface area contributed by atoms with Gasteiger partial charge in [-0.3, -0.25) is 4.98 Å². The number of aromatic nitrogens is 2. The fourth-order valence-electron chi connectivity index (χ4n) is 5.05. The van der Waals surface area contributed by atoms with Crippen molar-refractivity contribution in [1.82, 2.24) is 19.8 Å². The molecule has 4 heterocycles. The Morgan fingerprint density at radius 2 is 2.06 bits per heavy atom. The van der Waals surface area contributed by atoms with Crippen molar-refractivity contribution in [2.24, 2.45) is 0 Å². The van der Waals surface area contributed by atoms with E-state index in [0.717, 1.165) is 59.4 Å². The topological polar surface area (TPSA) is 42.3 Å². The number of nitrogens with one attached hydrogen (secondary N) is 1. The minimum atomic E-state index is -0.244. The molecule has 0 radical (unpaired) electrons. The summed E-state index contributed by atoms with van der Waals surface area (Å²) < 4.78 is 22.0. The smallest absolute Gasteiger partial charge is 0.170 e. The molecule has 2 aliphatic rings. The Morgan fingerprint density at radius 1 is 1.19 bits per heavy atom. The van der Waals surface area contributed by atoms with Crippen molar-refractivity contribution in [3.63, 3.8) is 0 Å². The van der Waals surface area contributed by atoms with E-state index in [-0.39, 0.29) is 24.0 Å². The average Bonchev–Trinajstić information content (AvgIpc) is 3.48. The minimum Gasteiger partial charge on any atom is -0.376 e. The SMILES string of the molecule is Cc1cc([C@@H]2[C@H](c3ccccn3)NC(=S)N2C[C@@H]2CCCO2)c(C)n1-c1cccc(F)c1. The van der Waals surface area contributed by atoms with Crippen LogP contribution < -0.4 is 5.32 Å². The Morgan fingerprint density at radius 3 is 2.78 bits per heavy atom. The van der Waals surface area contributed by atoms with Crippen LogP contribution in [0.15, 0.2) is 54.7 Å². The van der Waals surface area contributed by atoms with E-state index in [9.17, 15) is 4.39 Å². The van der Waals surface area contributed by atoms with Crippen LogP contribution in [-0.4, -0.2) is 38.8 Å². The van der Waals surface area contributed by atoms with E-state index in [2.05, 4.69) is 39.7 Å². The van der Waals surface area contributed by atoms with Crippen molar-refractivity contribution in [2.75, 3.05) is 13.2 Å². The molecular weight excluding hydrogens is 423 g/mol. The Kier molecular flexibility index (Phi) is 5.69. The second kappa shape index (κ2) is 8.64. The quantitative estimate of drug-likeness (QED) is 0.567. The maximum atomic E-state index is 14.0. The number of nitrogens with zero attached hydrogens (tertiary/aromatic N) is 3. The van der Waals surface area contributed by atoms with E-state index >= 15 is 0 Å². The van der Waals surface area contributed by atoms with E-state index in [1.807, 2.05) is 30.5 Å². The summed E-state index contributed by atoms with van der Waals surface area (Å²) >= 11 is 5.80. The monoisotopic (exact) mass is 450 g/mol. The molecule has 2 aliphatic heterocycles. The third-order valence-corrected chi connectivity index (χ3v) is 6.83. The Bertz CT molecular complexity index is 1130. The van der Waals surface area contributed by atoms with E-state index in [1.54, 1.807) is 12.1 Å². The molecule has 0 spiro atoms. The molecule has 7 heteroatoms. The molecule has 0 saturated carbocycles. The van der Waals surface area contributed by atoms with E-state index in [4.69, 9.17) is 17.0 Å². The number of aryl methyl sites for hydroxylation is 1. The third kappa shape index (κ3) is 3.80. The Hall–Kier alpha value is -2.77. The molecule has 0 unspecified atom stereocenters. The van der Waals surface area contributed by atoms with Gasteiger partial charge in [0, 0.05) is 36.4 Å². The van der Waals surface area contributed by atoms with Gasteiger partial charge >= 0.3 is 0 Å². The van der Waals surface area contributed by atoms with Gasteiger partial charge in [-0.05, 0) is 80.9 Å². The number of thiocarbonyl (C=S) groups is 1. The highest BCUT2D eigenvalue weighted by molar-refractivity contribution is 7.80. The Balaban J connectivity index is 1.59. The first kappa shape index (κ1) is 21.1. The van der Waals surface area contributed by atoms with Crippen molar-refractivity contribution in [1.29, 1.82) is 0 Å². The van der Waals surface area contributed by atoms with E-state index in [0.29, 0.717) is 0 Å². The molecule has 1 N–H and O–H groups in total. The van der Waals surface area contributed by atoms with Gasteiger partial charge in [-0.1, -0.05) is 12.1 Å². The zero-order valence-electron chi connectivity index (χ0n) is 18.3. The predicted molar refractivity (Wildman–Crippen MR) is 126 cm³/mol. The second-order valence-electron chi connectivity index (χ2n) is 8.56. The molecule has 3 aromatic rings. The van der Waals surface area contributed by atoms with Crippen LogP contribution in [0.4, 0.5) is 4.39 Å². The predicted octanol–water partition coefficient (Wildman–Crippen LogP) is 4.78. The van der Waals surface area contributed by atoms with E-state index < -0.39 is 0 Å². The van der Waals surface area contributed by atoms with Crippen LogP contribution in [0.5, 0.6) is 0 Å². The molecule has 2 saturated heterocycles. The fraction of sp³-hybridized carbons (Fsp3) is 0.360. The van der Waals surface area contributed by atoms with Gasteiger partial charge in [-0.2, -0.15) is 0 Å². The normalized spacial score (nSPS) is 23.0. The number of halogens is 1. The van der Waals surface area contributed by atoms with Crippen LogP contribution in [0.3, 0.4) is 0 Å². The molecule has 166 valence electrons. The lowest BCUT2D eigenvalue weighted by molar-refractivity contribution is 0.0842. The van der Waals surface area contributed by atoms with Crippen LogP contribution >= 0.6 is 12.2 Å². The summed E-state index contributed by atoms with van der Waals surface area (Å²) in [4.78, 5) is 6.88. The van der Waals surface area contributed by atoms with Gasteiger partial charge in [0.2, 0.25) is 0 Å². The molecule has 0 bridgehead atoms. The number of ether oxygens (including phenoxy) is 1. The summed E-state index contributed by atoms with van der Waals surface area (Å²) in [6.45, 7) is 5.70. The molecule has 32 heavy (non-hydrogen) atoms. The molecule has 5 nitrogen and oxygen atoms in total. The van der Waals surface area contributed by atoms with Gasteiger partial charge in [0.25, 0.3) is 0 Å². The zero-order chi connectivity index (χ0) is 22.2. The number of hydrogen-bond acceptors (Lipinski definition) is 3. The van der Waals surface area contributed by atoms with Crippen LogP contribution in [0.25, 0.3) is 5.69 Å². The van der Waals surface area contributed by atoms with Crippen molar-refractivity contribution in [3.8, 4) is 5.69 Å². The number of pyridine rings is 1. The third-order valence-electron chi connectivity index (χ3n) is 6.48.